The first kappa shape index (κ1) is 17.9. The topological polar surface area (TPSA) is 109 Å². The molecule has 124 valence electrons. The van der Waals surface area contributed by atoms with Gasteiger partial charge in [0, 0.05) is 16.9 Å². The molecule has 0 bridgehead atoms. The Bertz CT molecular complexity index is 892. The number of halogens is 1. The quantitative estimate of drug-likeness (QED) is 0.808. The van der Waals surface area contributed by atoms with Crippen LogP contribution in [-0.2, 0) is 14.8 Å². The fourth-order valence-electron chi connectivity index (χ4n) is 1.68. The van der Waals surface area contributed by atoms with Gasteiger partial charge < -0.3 is 4.74 Å². The molecule has 0 aliphatic rings. The van der Waals surface area contributed by atoms with Gasteiger partial charge in [0.15, 0.2) is 6.10 Å². The lowest BCUT2D eigenvalue weighted by atomic mass is 10.2. The minimum Gasteiger partial charge on any atom is -0.481 e. The second kappa shape index (κ2) is 7.42. The third-order valence-corrected chi connectivity index (χ3v) is 4.64. The SMILES string of the molecule is C[C@H](Oc1ccc(C#N)cc1)C(=O)NS(=O)(=O)c1cncc(Br)c1. The van der Waals surface area contributed by atoms with Crippen molar-refractivity contribution in [1.82, 2.24) is 9.71 Å². The van der Waals surface area contributed by atoms with Crippen LogP contribution in [0.4, 0.5) is 0 Å². The van der Waals surface area contributed by atoms with E-state index in [4.69, 9.17) is 10.00 Å². The molecule has 0 spiro atoms. The molecular formula is C15H12BrN3O4S. The van der Waals surface area contributed by atoms with Crippen molar-refractivity contribution >= 4 is 31.9 Å². The van der Waals surface area contributed by atoms with E-state index >= 15 is 0 Å². The number of nitriles is 1. The lowest BCUT2D eigenvalue weighted by Gasteiger charge is -2.15. The van der Waals surface area contributed by atoms with E-state index in [1.165, 1.54) is 43.5 Å². The Morgan fingerprint density at radius 1 is 1.33 bits per heavy atom. The van der Waals surface area contributed by atoms with E-state index in [-0.39, 0.29) is 4.90 Å². The summed E-state index contributed by atoms with van der Waals surface area (Å²) in [5, 5.41) is 8.72. The zero-order chi connectivity index (χ0) is 17.7. The zero-order valence-electron chi connectivity index (χ0n) is 12.4. The molecule has 1 aromatic heterocycles. The van der Waals surface area contributed by atoms with Crippen molar-refractivity contribution in [3.05, 3.63) is 52.8 Å². The monoisotopic (exact) mass is 409 g/mol. The number of benzene rings is 1. The standard InChI is InChI=1S/C15H12BrN3O4S/c1-10(23-13-4-2-11(7-17)3-5-13)15(20)19-24(21,22)14-6-12(16)8-18-9-14/h2-6,8-10H,1H3,(H,19,20)/t10-/m0/s1. The molecule has 0 unspecified atom stereocenters. The average Bonchev–Trinajstić information content (AvgIpc) is 2.55. The lowest BCUT2D eigenvalue weighted by Crippen LogP contribution is -2.40. The van der Waals surface area contributed by atoms with Crippen molar-refractivity contribution in [2.24, 2.45) is 0 Å². The average molecular weight is 410 g/mol. The summed E-state index contributed by atoms with van der Waals surface area (Å²) in [5.74, 6) is -0.475. The molecular weight excluding hydrogens is 398 g/mol. The van der Waals surface area contributed by atoms with Crippen LogP contribution in [0.2, 0.25) is 0 Å². The number of ether oxygens (including phenoxy) is 1. The Kier molecular flexibility index (Phi) is 5.54. The molecule has 7 nitrogen and oxygen atoms in total. The molecule has 0 saturated heterocycles. The van der Waals surface area contributed by atoms with Crippen molar-refractivity contribution < 1.29 is 17.9 Å². The number of carbonyl (C=O) groups excluding carboxylic acids is 1. The van der Waals surface area contributed by atoms with Crippen LogP contribution < -0.4 is 9.46 Å². The molecule has 1 atom stereocenters. The lowest BCUT2D eigenvalue weighted by molar-refractivity contribution is -0.125. The molecule has 0 saturated carbocycles. The summed E-state index contributed by atoms with van der Waals surface area (Å²) in [6, 6.07) is 9.40. The fraction of sp³-hybridized carbons (Fsp3) is 0.133. The number of nitrogens with one attached hydrogen (secondary N) is 1. The van der Waals surface area contributed by atoms with Crippen molar-refractivity contribution in [2.45, 2.75) is 17.9 Å². The van der Waals surface area contributed by atoms with Gasteiger partial charge in [-0.2, -0.15) is 5.26 Å². The minimum atomic E-state index is -4.05. The van der Waals surface area contributed by atoms with Crippen molar-refractivity contribution in [3.63, 3.8) is 0 Å². The Balaban J connectivity index is 2.06. The highest BCUT2D eigenvalue weighted by Crippen LogP contribution is 2.16. The first-order valence-corrected chi connectivity index (χ1v) is 8.93. The van der Waals surface area contributed by atoms with Crippen LogP contribution in [0.5, 0.6) is 5.75 Å². The number of sulfonamides is 1. The second-order valence-electron chi connectivity index (χ2n) is 4.70. The van der Waals surface area contributed by atoms with Crippen LogP contribution in [0, 0.1) is 11.3 Å². The van der Waals surface area contributed by atoms with Gasteiger partial charge >= 0.3 is 0 Å². The van der Waals surface area contributed by atoms with E-state index in [9.17, 15) is 13.2 Å². The predicted molar refractivity (Wildman–Crippen MR) is 88.5 cm³/mol. The summed E-state index contributed by atoms with van der Waals surface area (Å²) in [6.45, 7) is 1.42. The van der Waals surface area contributed by atoms with Gasteiger partial charge in [-0.25, -0.2) is 13.1 Å². The van der Waals surface area contributed by atoms with Gasteiger partial charge in [-0.3, -0.25) is 9.78 Å². The Hall–Kier alpha value is -2.44. The van der Waals surface area contributed by atoms with Gasteiger partial charge in [-0.15, -0.1) is 0 Å². The van der Waals surface area contributed by atoms with Gasteiger partial charge in [-0.05, 0) is 53.2 Å². The van der Waals surface area contributed by atoms with E-state index in [0.29, 0.717) is 15.8 Å². The molecule has 1 aromatic carbocycles. The van der Waals surface area contributed by atoms with Gasteiger partial charge in [-0.1, -0.05) is 0 Å². The maximum absolute atomic E-state index is 12.2. The van der Waals surface area contributed by atoms with Crippen LogP contribution in [0.15, 0.2) is 52.1 Å². The maximum atomic E-state index is 12.2. The van der Waals surface area contributed by atoms with Gasteiger partial charge in [0.2, 0.25) is 0 Å². The van der Waals surface area contributed by atoms with Crippen molar-refractivity contribution in [3.8, 4) is 11.8 Å². The predicted octanol–water partition coefficient (Wildman–Crippen LogP) is 1.99. The van der Waals surface area contributed by atoms with Crippen LogP contribution in [-0.4, -0.2) is 25.4 Å². The molecule has 0 aliphatic heterocycles. The van der Waals surface area contributed by atoms with Crippen LogP contribution in [0.1, 0.15) is 12.5 Å². The summed E-state index contributed by atoms with van der Waals surface area (Å²) in [4.78, 5) is 15.7. The van der Waals surface area contributed by atoms with Gasteiger partial charge in [0.05, 0.1) is 11.6 Å². The summed E-state index contributed by atoms with van der Waals surface area (Å²) >= 11 is 3.12. The van der Waals surface area contributed by atoms with E-state index in [0.717, 1.165) is 6.20 Å². The summed E-state index contributed by atoms with van der Waals surface area (Å²) in [6.07, 6.45) is 1.51. The van der Waals surface area contributed by atoms with E-state index < -0.39 is 22.0 Å². The van der Waals surface area contributed by atoms with Crippen LogP contribution >= 0.6 is 15.9 Å². The van der Waals surface area contributed by atoms with E-state index in [1.807, 2.05) is 10.8 Å². The second-order valence-corrected chi connectivity index (χ2v) is 7.30. The third kappa shape index (κ3) is 4.53. The van der Waals surface area contributed by atoms with Gasteiger partial charge in [0.1, 0.15) is 10.6 Å². The first-order chi connectivity index (χ1) is 11.3. The number of aromatic nitrogens is 1. The molecule has 2 aromatic rings. The number of rotatable bonds is 5. The molecule has 24 heavy (non-hydrogen) atoms. The highest BCUT2D eigenvalue weighted by atomic mass is 79.9. The number of hydrogen-bond donors (Lipinski definition) is 1. The number of hydrogen-bond acceptors (Lipinski definition) is 6. The van der Waals surface area contributed by atoms with E-state index in [1.54, 1.807) is 0 Å². The van der Waals surface area contributed by atoms with Gasteiger partial charge in [0.25, 0.3) is 15.9 Å². The number of amides is 1. The Morgan fingerprint density at radius 3 is 2.58 bits per heavy atom. The molecule has 0 aliphatic carbocycles. The van der Waals surface area contributed by atoms with Crippen molar-refractivity contribution in [2.75, 3.05) is 0 Å². The number of nitrogens with zero attached hydrogens (tertiary/aromatic N) is 2. The number of carbonyl (C=O) groups is 1. The molecule has 1 heterocycles. The number of pyridine rings is 1. The first-order valence-electron chi connectivity index (χ1n) is 6.66. The van der Waals surface area contributed by atoms with Crippen LogP contribution in [0.3, 0.4) is 0 Å². The zero-order valence-corrected chi connectivity index (χ0v) is 14.8. The molecule has 0 fully saturated rings. The summed E-state index contributed by atoms with van der Waals surface area (Å²) in [7, 11) is -4.05. The largest absolute Gasteiger partial charge is 0.481 e. The highest BCUT2D eigenvalue weighted by Gasteiger charge is 2.23. The molecule has 9 heteroatoms. The van der Waals surface area contributed by atoms with Crippen LogP contribution in [0.25, 0.3) is 0 Å². The van der Waals surface area contributed by atoms with Crippen molar-refractivity contribution in [1.29, 1.82) is 5.26 Å². The maximum Gasteiger partial charge on any atom is 0.274 e. The Labute approximate surface area is 147 Å². The molecule has 1 N–H and O–H groups in total. The third-order valence-electron chi connectivity index (χ3n) is 2.89. The fourth-order valence-corrected chi connectivity index (χ4v) is 3.23. The summed E-state index contributed by atoms with van der Waals surface area (Å²) in [5.41, 5.74) is 0.448. The smallest absolute Gasteiger partial charge is 0.274 e. The molecule has 1 amide bonds. The molecule has 0 radical (unpaired) electrons. The summed E-state index contributed by atoms with van der Waals surface area (Å²) < 4.78 is 32.1. The Morgan fingerprint density at radius 2 is 2.00 bits per heavy atom. The highest BCUT2D eigenvalue weighted by molar-refractivity contribution is 9.10. The minimum absolute atomic E-state index is 0.143. The normalized spacial score (nSPS) is 12.0. The van der Waals surface area contributed by atoms with E-state index in [2.05, 4.69) is 20.9 Å². The molecule has 2 rings (SSSR count).